The Labute approximate surface area is 255 Å². The molecule has 13 heteroatoms. The van der Waals surface area contributed by atoms with Gasteiger partial charge in [0.15, 0.2) is 0 Å². The first-order valence-electron chi connectivity index (χ1n) is 14.9. The van der Waals surface area contributed by atoms with E-state index in [4.69, 9.17) is 9.47 Å². The lowest BCUT2D eigenvalue weighted by Crippen LogP contribution is -2.45. The third-order valence-corrected chi connectivity index (χ3v) is 8.10. The number of carbonyl (C=O) groups is 6. The largest absolute Gasteiger partial charge is 0.550 e. The molecule has 0 spiro atoms. The minimum absolute atomic E-state index is 0.0671. The number of likely N-dealkylation sites (N-methyl/N-ethyl adjacent to an activating group) is 2. The molecule has 0 saturated carbocycles. The molecule has 2 atom stereocenters. The molecule has 0 aromatic rings. The molecule has 43 heavy (non-hydrogen) atoms. The SMILES string of the molecule is CCC(C)(CCC(C)C(=O)OCC[N+](C)(C)CCC(=O)NCCN1C(=O)C=CC1=O)C(=O)OCC[N+](C)(C)CCC(=O)[O-]. The Morgan fingerprint density at radius 2 is 1.47 bits per heavy atom. The highest BCUT2D eigenvalue weighted by molar-refractivity contribution is 6.12. The number of nitrogens with one attached hydrogen (secondary N) is 1. The highest BCUT2D eigenvalue weighted by Gasteiger charge is 2.34. The lowest BCUT2D eigenvalue weighted by molar-refractivity contribution is -0.890. The predicted molar refractivity (Wildman–Crippen MR) is 156 cm³/mol. The van der Waals surface area contributed by atoms with Gasteiger partial charge < -0.3 is 33.7 Å². The summed E-state index contributed by atoms with van der Waals surface area (Å²) >= 11 is 0. The van der Waals surface area contributed by atoms with Crippen LogP contribution in [-0.2, 0) is 38.2 Å². The molecule has 1 aliphatic rings. The predicted octanol–water partition coefficient (Wildman–Crippen LogP) is -0.370. The van der Waals surface area contributed by atoms with Crippen molar-refractivity contribution in [2.24, 2.45) is 11.3 Å². The number of nitrogens with zero attached hydrogens (tertiary/aromatic N) is 3. The minimum Gasteiger partial charge on any atom is -0.550 e. The fraction of sp³-hybridized carbons (Fsp3) is 0.733. The van der Waals surface area contributed by atoms with Crippen LogP contribution < -0.4 is 10.4 Å². The molecule has 0 fully saturated rings. The van der Waals surface area contributed by atoms with Gasteiger partial charge >= 0.3 is 11.9 Å². The molecule has 1 rings (SSSR count). The van der Waals surface area contributed by atoms with E-state index in [2.05, 4.69) is 5.32 Å². The Kier molecular flexibility index (Phi) is 15.0. The second kappa shape index (κ2) is 17.1. The highest BCUT2D eigenvalue weighted by Crippen LogP contribution is 2.31. The number of carbonyl (C=O) groups excluding carboxylic acids is 6. The van der Waals surface area contributed by atoms with Gasteiger partial charge in [-0.05, 0) is 26.2 Å². The van der Waals surface area contributed by atoms with E-state index in [0.29, 0.717) is 54.4 Å². The van der Waals surface area contributed by atoms with Gasteiger partial charge in [0.05, 0.1) is 59.0 Å². The number of rotatable bonds is 21. The maximum absolute atomic E-state index is 12.9. The van der Waals surface area contributed by atoms with Crippen molar-refractivity contribution in [3.05, 3.63) is 12.2 Å². The lowest BCUT2D eigenvalue weighted by atomic mass is 9.81. The number of ether oxygens (including phenoxy) is 2. The zero-order valence-corrected chi connectivity index (χ0v) is 26.9. The van der Waals surface area contributed by atoms with Gasteiger partial charge in [-0.1, -0.05) is 13.8 Å². The fourth-order valence-electron chi connectivity index (χ4n) is 4.24. The topological polar surface area (TPSA) is 159 Å². The van der Waals surface area contributed by atoms with Crippen molar-refractivity contribution >= 4 is 35.6 Å². The Morgan fingerprint density at radius 3 is 2.00 bits per heavy atom. The molecule has 0 aromatic carbocycles. The van der Waals surface area contributed by atoms with Crippen molar-refractivity contribution in [1.82, 2.24) is 10.2 Å². The second-order valence-corrected chi connectivity index (χ2v) is 12.8. The Hall–Kier alpha value is -3.32. The summed E-state index contributed by atoms with van der Waals surface area (Å²) in [6.45, 7) is 8.00. The number of hydrogen-bond donors (Lipinski definition) is 1. The Bertz CT molecular complexity index is 1020. The normalized spacial score (nSPS) is 15.7. The van der Waals surface area contributed by atoms with Crippen LogP contribution in [0.15, 0.2) is 12.2 Å². The number of amides is 3. The maximum Gasteiger partial charge on any atom is 0.311 e. The van der Waals surface area contributed by atoms with Crippen molar-refractivity contribution in [1.29, 1.82) is 0 Å². The molecule has 3 amide bonds. The van der Waals surface area contributed by atoms with E-state index in [0.717, 1.165) is 4.90 Å². The van der Waals surface area contributed by atoms with Crippen LogP contribution >= 0.6 is 0 Å². The van der Waals surface area contributed by atoms with Gasteiger partial charge in [0.25, 0.3) is 11.8 Å². The van der Waals surface area contributed by atoms with Gasteiger partial charge in [0.2, 0.25) is 5.91 Å². The standard InChI is InChI=1S/C30H50N4O9/c1-8-30(3,29(41)43-22-20-34(6,7)18-13-27(38)39)14-11-23(2)28(40)42-21-19-33(4,5)17-12-24(35)31-15-16-32-25(36)9-10-26(32)37/h9-10,23H,8,11-22H2,1-7H3/p+1. The first-order chi connectivity index (χ1) is 19.9. The average molecular weight is 612 g/mol. The first kappa shape index (κ1) is 37.7. The van der Waals surface area contributed by atoms with Gasteiger partial charge in [-0.2, -0.15) is 0 Å². The number of quaternary nitrogens is 2. The molecular formula is C30H51N4O9+. The third-order valence-electron chi connectivity index (χ3n) is 8.10. The maximum atomic E-state index is 12.9. The van der Waals surface area contributed by atoms with E-state index in [1.807, 2.05) is 42.0 Å². The van der Waals surface area contributed by atoms with E-state index in [1.54, 1.807) is 6.92 Å². The van der Waals surface area contributed by atoms with Gasteiger partial charge in [-0.15, -0.1) is 0 Å². The average Bonchev–Trinajstić information content (AvgIpc) is 3.25. The van der Waals surface area contributed by atoms with Crippen molar-refractivity contribution in [3.8, 4) is 0 Å². The third kappa shape index (κ3) is 14.1. The summed E-state index contributed by atoms with van der Waals surface area (Å²) in [6.07, 6.45) is 4.02. The van der Waals surface area contributed by atoms with Gasteiger partial charge in [-0.25, -0.2) is 0 Å². The summed E-state index contributed by atoms with van der Waals surface area (Å²) in [5.41, 5.74) is -0.757. The van der Waals surface area contributed by atoms with Crippen LogP contribution in [0.1, 0.15) is 52.9 Å². The van der Waals surface area contributed by atoms with Crippen LogP contribution in [0.5, 0.6) is 0 Å². The van der Waals surface area contributed by atoms with Crippen LogP contribution in [0, 0.1) is 11.3 Å². The molecule has 1 heterocycles. The number of carboxylic acids is 1. The molecule has 0 saturated heterocycles. The number of carboxylic acid groups (broad SMARTS) is 1. The Balaban J connectivity index is 2.35. The smallest absolute Gasteiger partial charge is 0.311 e. The zero-order chi connectivity index (χ0) is 32.8. The monoisotopic (exact) mass is 611 g/mol. The molecule has 0 radical (unpaired) electrons. The van der Waals surface area contributed by atoms with Gasteiger partial charge in [0, 0.05) is 37.6 Å². The highest BCUT2D eigenvalue weighted by atomic mass is 16.5. The van der Waals surface area contributed by atoms with Crippen LogP contribution in [0.2, 0.25) is 0 Å². The first-order valence-corrected chi connectivity index (χ1v) is 14.9. The molecule has 2 unspecified atom stereocenters. The van der Waals surface area contributed by atoms with E-state index >= 15 is 0 Å². The van der Waals surface area contributed by atoms with E-state index in [-0.39, 0.29) is 68.8 Å². The number of imide groups is 1. The van der Waals surface area contributed by atoms with E-state index in [9.17, 15) is 33.9 Å². The fourth-order valence-corrected chi connectivity index (χ4v) is 4.24. The lowest BCUT2D eigenvalue weighted by Gasteiger charge is -2.31. The molecule has 1 N–H and O–H groups in total. The van der Waals surface area contributed by atoms with Crippen molar-refractivity contribution in [2.45, 2.75) is 52.9 Å². The second-order valence-electron chi connectivity index (χ2n) is 12.8. The number of esters is 2. The summed E-state index contributed by atoms with van der Waals surface area (Å²) in [5.74, 6) is -3.18. The van der Waals surface area contributed by atoms with Crippen molar-refractivity contribution in [2.75, 3.05) is 80.7 Å². The van der Waals surface area contributed by atoms with E-state index < -0.39 is 17.3 Å². The van der Waals surface area contributed by atoms with Crippen LogP contribution in [0.3, 0.4) is 0 Å². The van der Waals surface area contributed by atoms with Gasteiger partial charge in [-0.3, -0.25) is 28.9 Å². The van der Waals surface area contributed by atoms with Crippen LogP contribution in [0.4, 0.5) is 0 Å². The molecule has 13 nitrogen and oxygen atoms in total. The molecule has 1 aliphatic heterocycles. The van der Waals surface area contributed by atoms with E-state index in [1.165, 1.54) is 12.2 Å². The summed E-state index contributed by atoms with van der Waals surface area (Å²) in [5, 5.41) is 13.4. The molecule has 0 aromatic heterocycles. The zero-order valence-electron chi connectivity index (χ0n) is 26.9. The quantitative estimate of drug-likeness (QED) is 0.104. The molecule has 0 aliphatic carbocycles. The summed E-state index contributed by atoms with van der Waals surface area (Å²) in [4.78, 5) is 72.6. The molecule has 0 bridgehead atoms. The Morgan fingerprint density at radius 1 is 0.930 bits per heavy atom. The molecular weight excluding hydrogens is 560 g/mol. The van der Waals surface area contributed by atoms with Crippen molar-refractivity contribution < 1.29 is 52.3 Å². The summed E-state index contributed by atoms with van der Waals surface area (Å²) < 4.78 is 11.9. The summed E-state index contributed by atoms with van der Waals surface area (Å²) in [7, 11) is 7.59. The van der Waals surface area contributed by atoms with Crippen LogP contribution in [-0.4, -0.2) is 130 Å². The number of hydrogen-bond acceptors (Lipinski definition) is 9. The minimum atomic E-state index is -1.11. The van der Waals surface area contributed by atoms with Gasteiger partial charge in [0.1, 0.15) is 26.3 Å². The molecule has 244 valence electrons. The summed E-state index contributed by atoms with van der Waals surface area (Å²) in [6, 6.07) is 0. The van der Waals surface area contributed by atoms with Crippen LogP contribution in [0.25, 0.3) is 0 Å². The van der Waals surface area contributed by atoms with Crippen molar-refractivity contribution in [3.63, 3.8) is 0 Å². The number of aliphatic carboxylic acids is 1.